The van der Waals surface area contributed by atoms with E-state index in [-0.39, 0.29) is 55.2 Å². The Balaban J connectivity index is 1.39. The Labute approximate surface area is 232 Å². The predicted molar refractivity (Wildman–Crippen MR) is 144 cm³/mol. The van der Waals surface area contributed by atoms with Crippen LogP contribution >= 0.6 is 0 Å². The second-order valence-corrected chi connectivity index (χ2v) is 10.4. The zero-order valence-electron chi connectivity index (χ0n) is 22.5. The van der Waals surface area contributed by atoms with Crippen molar-refractivity contribution in [2.45, 2.75) is 25.7 Å². The van der Waals surface area contributed by atoms with Gasteiger partial charge < -0.3 is 23.5 Å². The van der Waals surface area contributed by atoms with Crippen LogP contribution in [-0.2, 0) is 14.8 Å². The number of carbonyl (C=O) groups excluding carboxylic acids is 2. The number of aromatic nitrogens is 2. The van der Waals surface area contributed by atoms with Crippen molar-refractivity contribution in [3.05, 3.63) is 48.0 Å². The molecule has 1 saturated heterocycles. The molecule has 4 rings (SSSR count). The molecule has 1 aliphatic heterocycles. The number of nitrogens with zero attached hydrogens (tertiary/aromatic N) is 4. The summed E-state index contributed by atoms with van der Waals surface area (Å²) >= 11 is 0. The molecule has 2 amide bonds. The van der Waals surface area contributed by atoms with E-state index in [0.717, 1.165) is 0 Å². The molecule has 0 unspecified atom stereocenters. The second kappa shape index (κ2) is 12.8. The monoisotopic (exact) mass is 573 g/mol. The van der Waals surface area contributed by atoms with Gasteiger partial charge in [-0.15, -0.1) is 5.10 Å². The lowest BCUT2D eigenvalue weighted by Gasteiger charge is -2.33. The Hall–Kier alpha value is -4.17. The van der Waals surface area contributed by atoms with E-state index in [2.05, 4.69) is 15.5 Å². The van der Waals surface area contributed by atoms with Gasteiger partial charge >= 0.3 is 12.1 Å². The minimum Gasteiger partial charge on any atom is -0.490 e. The first kappa shape index (κ1) is 28.8. The molecule has 0 aliphatic carbocycles. The van der Waals surface area contributed by atoms with Gasteiger partial charge in [0.1, 0.15) is 0 Å². The van der Waals surface area contributed by atoms with Gasteiger partial charge in [0.25, 0.3) is 5.91 Å². The molecule has 14 heteroatoms. The van der Waals surface area contributed by atoms with Crippen LogP contribution in [0.5, 0.6) is 11.5 Å². The van der Waals surface area contributed by atoms with Crippen molar-refractivity contribution in [2.75, 3.05) is 51.3 Å². The lowest BCUT2D eigenvalue weighted by Crippen LogP contribution is -2.50. The van der Waals surface area contributed by atoms with Gasteiger partial charge in [0.15, 0.2) is 11.5 Å². The fraction of sp³-hybridized carbons (Fsp3) is 0.385. The van der Waals surface area contributed by atoms with E-state index in [4.69, 9.17) is 18.6 Å². The van der Waals surface area contributed by atoms with Crippen LogP contribution in [0.3, 0.4) is 0 Å². The Kier molecular flexibility index (Phi) is 9.22. The molecule has 1 aromatic heterocycles. The highest BCUT2D eigenvalue weighted by Gasteiger charge is 2.30. The Morgan fingerprint density at radius 1 is 0.900 bits per heavy atom. The maximum Gasteiger partial charge on any atom is 0.409 e. The third-order valence-corrected chi connectivity index (χ3v) is 7.87. The Morgan fingerprint density at radius 3 is 2.23 bits per heavy atom. The summed E-state index contributed by atoms with van der Waals surface area (Å²) in [7, 11) is -3.80. The minimum atomic E-state index is -3.80. The summed E-state index contributed by atoms with van der Waals surface area (Å²) in [6.45, 7) is 7.37. The summed E-state index contributed by atoms with van der Waals surface area (Å²) in [5.41, 5.74) is 0.781. The van der Waals surface area contributed by atoms with Crippen molar-refractivity contribution >= 4 is 28.0 Å². The van der Waals surface area contributed by atoms with Gasteiger partial charge in [0, 0.05) is 37.3 Å². The van der Waals surface area contributed by atoms with E-state index in [1.165, 1.54) is 33.5 Å². The molecule has 0 bridgehead atoms. The van der Waals surface area contributed by atoms with Crippen LogP contribution in [0.1, 0.15) is 31.1 Å². The van der Waals surface area contributed by atoms with Crippen molar-refractivity contribution in [1.29, 1.82) is 0 Å². The van der Waals surface area contributed by atoms with Crippen molar-refractivity contribution < 1.29 is 36.6 Å². The highest BCUT2D eigenvalue weighted by Crippen LogP contribution is 2.33. The molecule has 13 nitrogen and oxygen atoms in total. The molecule has 2 aromatic carbocycles. The number of sulfonamides is 1. The van der Waals surface area contributed by atoms with Crippen LogP contribution in [0.15, 0.2) is 51.8 Å². The normalized spacial score (nSPS) is 14.0. The van der Waals surface area contributed by atoms with Crippen LogP contribution in [0.4, 0.5) is 10.8 Å². The number of nitrogens with one attached hydrogen (secondary N) is 1. The molecule has 1 aliphatic rings. The molecule has 2 heterocycles. The molecular weight excluding hydrogens is 542 g/mol. The molecule has 1 fully saturated rings. The van der Waals surface area contributed by atoms with Crippen LogP contribution in [0.2, 0.25) is 0 Å². The highest BCUT2D eigenvalue weighted by molar-refractivity contribution is 7.89. The SMILES string of the molecule is CCOC(=O)N1CCN(S(=O)(=O)c2ccc(C(=O)Nc3nnc(-c4ccc(OCC)c(OCC)c4)o3)cc2)CC1. The average Bonchev–Trinajstić information content (AvgIpc) is 3.43. The molecule has 0 spiro atoms. The smallest absolute Gasteiger partial charge is 0.409 e. The first-order valence-electron chi connectivity index (χ1n) is 12.8. The number of carbonyl (C=O) groups is 2. The topological polar surface area (TPSA) is 153 Å². The zero-order valence-corrected chi connectivity index (χ0v) is 23.3. The predicted octanol–water partition coefficient (Wildman–Crippen LogP) is 3.25. The van der Waals surface area contributed by atoms with Crippen molar-refractivity contribution in [3.8, 4) is 23.0 Å². The van der Waals surface area contributed by atoms with Gasteiger partial charge in [-0.05, 0) is 63.2 Å². The number of amides is 2. The molecule has 3 aromatic rings. The van der Waals surface area contributed by atoms with Gasteiger partial charge in [-0.25, -0.2) is 13.2 Å². The van der Waals surface area contributed by atoms with Crippen molar-refractivity contribution in [2.24, 2.45) is 0 Å². The van der Waals surface area contributed by atoms with Gasteiger partial charge in [0.2, 0.25) is 15.9 Å². The number of benzene rings is 2. The lowest BCUT2D eigenvalue weighted by atomic mass is 10.2. The van der Waals surface area contributed by atoms with Crippen molar-refractivity contribution in [3.63, 3.8) is 0 Å². The van der Waals surface area contributed by atoms with E-state index >= 15 is 0 Å². The second-order valence-electron chi connectivity index (χ2n) is 8.51. The summed E-state index contributed by atoms with van der Waals surface area (Å²) < 4.78 is 49.2. The largest absolute Gasteiger partial charge is 0.490 e. The van der Waals surface area contributed by atoms with E-state index in [9.17, 15) is 18.0 Å². The standard InChI is InChI=1S/C26H31N5O8S/c1-4-36-21-12-9-19(17-22(21)37-5-2)24-28-29-25(39-24)27-23(32)18-7-10-20(11-8-18)40(34,35)31-15-13-30(14-16-31)26(33)38-6-3/h7-12,17H,4-6,13-16H2,1-3H3,(H,27,29,32). The maximum atomic E-state index is 13.1. The number of ether oxygens (including phenoxy) is 3. The van der Waals surface area contributed by atoms with Crippen LogP contribution in [0.25, 0.3) is 11.5 Å². The number of hydrogen-bond donors (Lipinski definition) is 1. The van der Waals surface area contributed by atoms with Crippen LogP contribution in [0, 0.1) is 0 Å². The third kappa shape index (κ3) is 6.51. The quantitative estimate of drug-likeness (QED) is 0.382. The van der Waals surface area contributed by atoms with E-state index in [0.29, 0.717) is 30.3 Å². The average molecular weight is 574 g/mol. The summed E-state index contributed by atoms with van der Waals surface area (Å²) in [5.74, 6) is 0.736. The van der Waals surface area contributed by atoms with E-state index < -0.39 is 22.0 Å². The summed E-state index contributed by atoms with van der Waals surface area (Å²) in [4.78, 5) is 26.1. The summed E-state index contributed by atoms with van der Waals surface area (Å²) in [5, 5.41) is 10.4. The fourth-order valence-electron chi connectivity index (χ4n) is 4.00. The zero-order chi connectivity index (χ0) is 28.7. The maximum absolute atomic E-state index is 13.1. The molecule has 0 saturated carbocycles. The lowest BCUT2D eigenvalue weighted by molar-refractivity contribution is 0.0933. The number of piperazine rings is 1. The van der Waals surface area contributed by atoms with Gasteiger partial charge in [-0.2, -0.15) is 4.31 Å². The molecule has 214 valence electrons. The van der Waals surface area contributed by atoms with E-state index in [1.807, 2.05) is 13.8 Å². The number of anilines is 1. The molecule has 0 atom stereocenters. The summed E-state index contributed by atoms with van der Waals surface area (Å²) in [6, 6.07) is 10.6. The number of hydrogen-bond acceptors (Lipinski definition) is 10. The highest BCUT2D eigenvalue weighted by atomic mass is 32.2. The van der Waals surface area contributed by atoms with Crippen molar-refractivity contribution in [1.82, 2.24) is 19.4 Å². The molecular formula is C26H31N5O8S. The molecule has 0 radical (unpaired) electrons. The fourth-order valence-corrected chi connectivity index (χ4v) is 5.42. The van der Waals surface area contributed by atoms with Crippen LogP contribution in [-0.4, -0.2) is 85.8 Å². The van der Waals surface area contributed by atoms with Crippen LogP contribution < -0.4 is 14.8 Å². The first-order chi connectivity index (χ1) is 19.3. The van der Waals surface area contributed by atoms with Gasteiger partial charge in [-0.1, -0.05) is 5.10 Å². The van der Waals surface area contributed by atoms with E-state index in [1.54, 1.807) is 25.1 Å². The Morgan fingerprint density at radius 2 is 1.57 bits per heavy atom. The van der Waals surface area contributed by atoms with Gasteiger partial charge in [-0.3, -0.25) is 10.1 Å². The molecule has 40 heavy (non-hydrogen) atoms. The number of rotatable bonds is 10. The Bertz CT molecular complexity index is 1430. The molecule has 1 N–H and O–H groups in total. The summed E-state index contributed by atoms with van der Waals surface area (Å²) in [6.07, 6.45) is -0.460. The first-order valence-corrected chi connectivity index (χ1v) is 14.3. The minimum absolute atomic E-state index is 0.0364. The third-order valence-electron chi connectivity index (χ3n) is 5.95. The van der Waals surface area contributed by atoms with Gasteiger partial charge in [0.05, 0.1) is 24.7 Å².